The number of nitrogens with zero attached hydrogens (tertiary/aromatic N) is 2. The normalized spacial score (nSPS) is 13.1. The molecule has 1 atom stereocenters. The highest BCUT2D eigenvalue weighted by Gasteiger charge is 2.24. The minimum absolute atomic E-state index is 0.410. The van der Waals surface area contributed by atoms with Crippen LogP contribution in [0.2, 0.25) is 5.15 Å². The van der Waals surface area contributed by atoms with Gasteiger partial charge in [0, 0.05) is 12.6 Å². The van der Waals surface area contributed by atoms with E-state index in [1.165, 1.54) is 10.9 Å². The average molecular weight is 306 g/mol. The van der Waals surface area contributed by atoms with Gasteiger partial charge in [0.15, 0.2) is 5.76 Å². The van der Waals surface area contributed by atoms with Crippen molar-refractivity contribution >= 4 is 27.5 Å². The van der Waals surface area contributed by atoms with Gasteiger partial charge in [-0.05, 0) is 28.9 Å². The number of aliphatic hydroxyl groups is 1. The highest BCUT2D eigenvalue weighted by atomic mass is 79.9. The van der Waals surface area contributed by atoms with Gasteiger partial charge in [-0.1, -0.05) is 11.6 Å². The van der Waals surface area contributed by atoms with E-state index in [0.717, 1.165) is 0 Å². The number of aryl methyl sites for hydroxylation is 2. The Morgan fingerprint density at radius 3 is 2.75 bits per heavy atom. The summed E-state index contributed by atoms with van der Waals surface area (Å²) in [5.74, 6) is 0.429. The lowest BCUT2D eigenvalue weighted by Gasteiger charge is -2.08. The number of hydrogen-bond acceptors (Lipinski definition) is 3. The molecule has 0 aliphatic heterocycles. The van der Waals surface area contributed by atoms with Crippen LogP contribution in [-0.2, 0) is 7.05 Å². The molecule has 0 aromatic carbocycles. The van der Waals surface area contributed by atoms with Crippen LogP contribution >= 0.6 is 27.5 Å². The predicted molar refractivity (Wildman–Crippen MR) is 63.4 cm³/mol. The summed E-state index contributed by atoms with van der Waals surface area (Å²) in [4.78, 5) is 0. The Hall–Kier alpha value is -0.780. The van der Waals surface area contributed by atoms with Gasteiger partial charge in [0.25, 0.3) is 0 Å². The Balaban J connectivity index is 2.49. The molecule has 2 rings (SSSR count). The van der Waals surface area contributed by atoms with Crippen molar-refractivity contribution in [3.8, 4) is 0 Å². The van der Waals surface area contributed by atoms with Crippen LogP contribution in [0, 0.1) is 6.92 Å². The second kappa shape index (κ2) is 4.24. The molecule has 86 valence electrons. The van der Waals surface area contributed by atoms with E-state index in [1.807, 2.05) is 0 Å². The second-order valence-corrected chi connectivity index (χ2v) is 4.66. The van der Waals surface area contributed by atoms with E-state index in [-0.39, 0.29) is 0 Å². The molecule has 1 N–H and O–H groups in total. The molecule has 0 spiro atoms. The van der Waals surface area contributed by atoms with E-state index < -0.39 is 6.10 Å². The number of aliphatic hydroxyl groups excluding tert-OH is 1. The summed E-state index contributed by atoms with van der Waals surface area (Å²) >= 11 is 9.36. The summed E-state index contributed by atoms with van der Waals surface area (Å²) in [6.07, 6.45) is 0.591. The van der Waals surface area contributed by atoms with Crippen molar-refractivity contribution in [2.45, 2.75) is 13.0 Å². The number of hydrogen-bond donors (Lipinski definition) is 1. The molecular weight excluding hydrogens is 295 g/mol. The van der Waals surface area contributed by atoms with Crippen LogP contribution in [0.3, 0.4) is 0 Å². The predicted octanol–water partition coefficient (Wildman–Crippen LogP) is 2.82. The van der Waals surface area contributed by atoms with Crippen LogP contribution in [0.4, 0.5) is 0 Å². The van der Waals surface area contributed by atoms with Gasteiger partial charge in [-0.15, -0.1) is 0 Å². The lowest BCUT2D eigenvalue weighted by molar-refractivity contribution is 0.187. The van der Waals surface area contributed by atoms with Crippen molar-refractivity contribution in [1.82, 2.24) is 9.78 Å². The fourth-order valence-electron chi connectivity index (χ4n) is 1.59. The van der Waals surface area contributed by atoms with E-state index in [0.29, 0.717) is 26.6 Å². The van der Waals surface area contributed by atoms with Gasteiger partial charge in [-0.2, -0.15) is 5.10 Å². The Bertz CT molecular complexity index is 521. The summed E-state index contributed by atoms with van der Waals surface area (Å²) in [6, 6.07) is 1.72. The van der Waals surface area contributed by atoms with E-state index >= 15 is 0 Å². The molecular formula is C10H10BrClN2O2. The Morgan fingerprint density at radius 1 is 1.62 bits per heavy atom. The largest absolute Gasteiger partial charge is 0.465 e. The summed E-state index contributed by atoms with van der Waals surface area (Å²) in [6.45, 7) is 1.79. The van der Waals surface area contributed by atoms with Crippen LogP contribution < -0.4 is 0 Å². The molecule has 4 nitrogen and oxygen atoms in total. The van der Waals surface area contributed by atoms with E-state index in [2.05, 4.69) is 21.0 Å². The molecule has 0 amide bonds. The topological polar surface area (TPSA) is 51.2 Å². The zero-order chi connectivity index (χ0) is 11.9. The maximum atomic E-state index is 10.2. The maximum absolute atomic E-state index is 10.2. The Labute approximate surface area is 106 Å². The van der Waals surface area contributed by atoms with Crippen molar-refractivity contribution in [3.63, 3.8) is 0 Å². The summed E-state index contributed by atoms with van der Waals surface area (Å²) < 4.78 is 7.44. The molecule has 2 aromatic rings. The summed E-state index contributed by atoms with van der Waals surface area (Å²) in [5, 5.41) is 14.7. The Kier molecular flexibility index (Phi) is 3.10. The fraction of sp³-hybridized carbons (Fsp3) is 0.300. The molecule has 6 heteroatoms. The van der Waals surface area contributed by atoms with Crippen molar-refractivity contribution in [2.75, 3.05) is 0 Å². The first-order chi connectivity index (χ1) is 7.52. The van der Waals surface area contributed by atoms with Crippen LogP contribution in [0.1, 0.15) is 23.1 Å². The van der Waals surface area contributed by atoms with Crippen LogP contribution in [0.15, 0.2) is 21.2 Å². The van der Waals surface area contributed by atoms with E-state index in [1.54, 1.807) is 20.0 Å². The molecule has 0 aliphatic carbocycles. The van der Waals surface area contributed by atoms with Gasteiger partial charge in [0.1, 0.15) is 11.3 Å². The van der Waals surface area contributed by atoms with Crippen LogP contribution in [0.5, 0.6) is 0 Å². The first-order valence-electron chi connectivity index (χ1n) is 4.62. The van der Waals surface area contributed by atoms with Crippen molar-refractivity contribution < 1.29 is 9.52 Å². The molecule has 0 bridgehead atoms. The first kappa shape index (κ1) is 11.7. The van der Waals surface area contributed by atoms with E-state index in [4.69, 9.17) is 16.0 Å². The lowest BCUT2D eigenvalue weighted by atomic mass is 10.1. The standard InChI is InChI=1S/C10H10BrClN2O2/c1-5-7(10(12)14(2)13-5)8(15)9-6(11)3-4-16-9/h3-4,8,15H,1-2H3. The molecule has 0 radical (unpaired) electrons. The van der Waals surface area contributed by atoms with Crippen LogP contribution in [0.25, 0.3) is 0 Å². The quantitative estimate of drug-likeness (QED) is 0.928. The maximum Gasteiger partial charge on any atom is 0.151 e. The van der Waals surface area contributed by atoms with Crippen molar-refractivity contribution in [3.05, 3.63) is 39.0 Å². The first-order valence-corrected chi connectivity index (χ1v) is 5.79. The van der Waals surface area contributed by atoms with Gasteiger partial charge in [0.05, 0.1) is 16.4 Å². The molecule has 0 saturated heterocycles. The zero-order valence-corrected chi connectivity index (χ0v) is 11.1. The fourth-order valence-corrected chi connectivity index (χ4v) is 2.28. The molecule has 0 aliphatic rings. The van der Waals surface area contributed by atoms with Gasteiger partial charge in [-0.25, -0.2) is 0 Å². The molecule has 1 unspecified atom stereocenters. The minimum Gasteiger partial charge on any atom is -0.465 e. The third kappa shape index (κ3) is 1.79. The highest BCUT2D eigenvalue weighted by molar-refractivity contribution is 9.10. The molecule has 2 heterocycles. The average Bonchev–Trinajstić information content (AvgIpc) is 2.73. The number of aromatic nitrogens is 2. The van der Waals surface area contributed by atoms with Gasteiger partial charge < -0.3 is 9.52 Å². The zero-order valence-electron chi connectivity index (χ0n) is 8.74. The monoisotopic (exact) mass is 304 g/mol. The van der Waals surface area contributed by atoms with Gasteiger partial charge in [-0.3, -0.25) is 4.68 Å². The summed E-state index contributed by atoms with van der Waals surface area (Å²) in [7, 11) is 1.72. The summed E-state index contributed by atoms with van der Waals surface area (Å²) in [5.41, 5.74) is 1.25. The van der Waals surface area contributed by atoms with E-state index in [9.17, 15) is 5.11 Å². The smallest absolute Gasteiger partial charge is 0.151 e. The van der Waals surface area contributed by atoms with Crippen molar-refractivity contribution in [2.24, 2.45) is 7.05 Å². The lowest BCUT2D eigenvalue weighted by Crippen LogP contribution is -2.00. The van der Waals surface area contributed by atoms with Crippen molar-refractivity contribution in [1.29, 1.82) is 0 Å². The number of halogens is 2. The van der Waals surface area contributed by atoms with Gasteiger partial charge >= 0.3 is 0 Å². The minimum atomic E-state index is -0.912. The third-order valence-corrected chi connectivity index (χ3v) is 3.47. The molecule has 0 fully saturated rings. The second-order valence-electron chi connectivity index (χ2n) is 3.45. The SMILES string of the molecule is Cc1nn(C)c(Cl)c1C(O)c1occc1Br. The van der Waals surface area contributed by atoms with Crippen LogP contribution in [-0.4, -0.2) is 14.9 Å². The number of furan rings is 1. The molecule has 0 saturated carbocycles. The number of rotatable bonds is 2. The Morgan fingerprint density at radius 2 is 2.31 bits per heavy atom. The third-order valence-electron chi connectivity index (χ3n) is 2.36. The van der Waals surface area contributed by atoms with Gasteiger partial charge in [0.2, 0.25) is 0 Å². The molecule has 2 aromatic heterocycles. The highest BCUT2D eigenvalue weighted by Crippen LogP contribution is 2.34. The molecule has 16 heavy (non-hydrogen) atoms.